The number of methoxy groups -OCH3 is 1. The lowest BCUT2D eigenvalue weighted by Gasteiger charge is -2.17. The number of nitrogens with one attached hydrogen (secondary N) is 1. The molecule has 0 saturated carbocycles. The average molecular weight is 412 g/mol. The number of nitro benzene ring substituents is 1. The Bertz CT molecular complexity index is 1210. The van der Waals surface area contributed by atoms with Crippen LogP contribution in [0.25, 0.3) is 22.4 Å². The molecule has 3 aromatic rings. The van der Waals surface area contributed by atoms with Gasteiger partial charge in [0.15, 0.2) is 0 Å². The van der Waals surface area contributed by atoms with E-state index in [1.54, 1.807) is 23.5 Å². The van der Waals surface area contributed by atoms with E-state index in [1.807, 2.05) is 0 Å². The van der Waals surface area contributed by atoms with Crippen molar-refractivity contribution in [2.75, 3.05) is 7.11 Å². The number of aromatic amines is 1. The number of rotatable bonds is 4. The third-order valence-corrected chi connectivity index (χ3v) is 6.24. The number of nitro groups is 1. The van der Waals surface area contributed by atoms with Gasteiger partial charge in [-0.3, -0.25) is 14.9 Å². The van der Waals surface area contributed by atoms with Crippen LogP contribution in [0.5, 0.6) is 11.5 Å². The standard InChI is InChI=1S/C20H19N3O5S/c1-10-3-5-12-15(7-10)29-20-17(12)19(25)21-16(22-20)6-4-11-8-13(23(26)27)18(24)14(9-11)28-2/h4,6,8-10,24H,3,5,7H2,1-2H3,(H,21,22,25)/p-1/b6-4+/t10-/m0/s1. The quantitative estimate of drug-likeness (QED) is 0.518. The molecular weight excluding hydrogens is 394 g/mol. The van der Waals surface area contributed by atoms with Gasteiger partial charge >= 0.3 is 0 Å². The van der Waals surface area contributed by atoms with Gasteiger partial charge in [0, 0.05) is 16.7 Å². The smallest absolute Gasteiger partial charge is 0.266 e. The van der Waals surface area contributed by atoms with Crippen molar-refractivity contribution in [3.8, 4) is 11.5 Å². The summed E-state index contributed by atoms with van der Waals surface area (Å²) in [5, 5.41) is 23.7. The predicted octanol–water partition coefficient (Wildman–Crippen LogP) is 3.27. The zero-order valence-corrected chi connectivity index (χ0v) is 16.7. The van der Waals surface area contributed by atoms with Gasteiger partial charge in [-0.1, -0.05) is 13.0 Å². The Kier molecular flexibility index (Phi) is 4.83. The normalized spacial score (nSPS) is 16.3. The maximum atomic E-state index is 12.6. The fourth-order valence-electron chi connectivity index (χ4n) is 3.61. The van der Waals surface area contributed by atoms with Gasteiger partial charge in [-0.2, -0.15) is 0 Å². The molecule has 1 aliphatic carbocycles. The zero-order valence-electron chi connectivity index (χ0n) is 15.9. The average Bonchev–Trinajstić information content (AvgIpc) is 3.04. The lowest BCUT2D eigenvalue weighted by molar-refractivity contribution is -0.398. The Morgan fingerprint density at radius 2 is 2.17 bits per heavy atom. The van der Waals surface area contributed by atoms with E-state index in [1.165, 1.54) is 24.1 Å². The second-order valence-corrected chi connectivity index (χ2v) is 8.23. The predicted molar refractivity (Wildman–Crippen MR) is 109 cm³/mol. The van der Waals surface area contributed by atoms with Crippen LogP contribution in [0.1, 0.15) is 35.2 Å². The fraction of sp³-hybridized carbons (Fsp3) is 0.300. The van der Waals surface area contributed by atoms with Crippen LogP contribution in [0, 0.1) is 16.0 Å². The second kappa shape index (κ2) is 7.32. The number of hydrogen-bond acceptors (Lipinski definition) is 7. The molecule has 0 unspecified atom stereocenters. The Morgan fingerprint density at radius 3 is 2.90 bits per heavy atom. The van der Waals surface area contributed by atoms with Gasteiger partial charge in [0.05, 0.1) is 17.4 Å². The maximum absolute atomic E-state index is 12.6. The summed E-state index contributed by atoms with van der Waals surface area (Å²) >= 11 is 1.55. The molecule has 1 N–H and O–H groups in total. The monoisotopic (exact) mass is 412 g/mol. The molecule has 0 amide bonds. The molecule has 0 spiro atoms. The van der Waals surface area contributed by atoms with E-state index >= 15 is 0 Å². The maximum Gasteiger partial charge on any atom is 0.266 e. The van der Waals surface area contributed by atoms with Gasteiger partial charge in [-0.05, 0) is 48.4 Å². The number of nitrogens with zero attached hydrogens (tertiary/aromatic N) is 2. The van der Waals surface area contributed by atoms with Crippen LogP contribution in [0.2, 0.25) is 0 Å². The Balaban J connectivity index is 1.73. The molecule has 0 bridgehead atoms. The molecule has 1 aromatic carbocycles. The molecule has 29 heavy (non-hydrogen) atoms. The summed E-state index contributed by atoms with van der Waals surface area (Å²) in [4.78, 5) is 32.2. The van der Waals surface area contributed by atoms with Crippen LogP contribution in [0.15, 0.2) is 16.9 Å². The number of aryl methyl sites for hydroxylation is 1. The van der Waals surface area contributed by atoms with E-state index < -0.39 is 16.4 Å². The summed E-state index contributed by atoms with van der Waals surface area (Å²) in [7, 11) is 1.28. The van der Waals surface area contributed by atoms with Crippen LogP contribution in [-0.2, 0) is 12.8 Å². The molecular formula is C20H18N3O5S-. The van der Waals surface area contributed by atoms with E-state index in [0.29, 0.717) is 27.5 Å². The Morgan fingerprint density at radius 1 is 1.38 bits per heavy atom. The first kappa shape index (κ1) is 19.1. The van der Waals surface area contributed by atoms with Crippen molar-refractivity contribution in [3.63, 3.8) is 0 Å². The number of hydrogen-bond donors (Lipinski definition) is 1. The minimum absolute atomic E-state index is 0.115. The topological polar surface area (TPSA) is 121 Å². The molecule has 0 saturated heterocycles. The molecule has 8 nitrogen and oxygen atoms in total. The molecule has 0 aliphatic heterocycles. The first-order valence-corrected chi connectivity index (χ1v) is 9.95. The van der Waals surface area contributed by atoms with Crippen molar-refractivity contribution in [1.29, 1.82) is 0 Å². The lowest BCUT2D eigenvalue weighted by atomic mass is 9.89. The third-order valence-electron chi connectivity index (χ3n) is 5.09. The van der Waals surface area contributed by atoms with Gasteiger partial charge in [0.25, 0.3) is 11.2 Å². The van der Waals surface area contributed by atoms with E-state index in [2.05, 4.69) is 16.9 Å². The molecule has 0 fully saturated rings. The molecule has 1 atom stereocenters. The minimum atomic E-state index is -0.777. The highest BCUT2D eigenvalue weighted by atomic mass is 32.1. The van der Waals surface area contributed by atoms with Crippen LogP contribution in [0.3, 0.4) is 0 Å². The summed E-state index contributed by atoms with van der Waals surface area (Å²) in [6.45, 7) is 2.21. The van der Waals surface area contributed by atoms with Crippen LogP contribution in [-0.4, -0.2) is 22.0 Å². The molecule has 1 aliphatic rings. The van der Waals surface area contributed by atoms with Crippen LogP contribution < -0.4 is 15.4 Å². The zero-order chi connectivity index (χ0) is 20.7. The van der Waals surface area contributed by atoms with Crippen molar-refractivity contribution >= 4 is 39.4 Å². The number of ether oxygens (including phenoxy) is 1. The van der Waals surface area contributed by atoms with Crippen molar-refractivity contribution in [2.45, 2.75) is 26.2 Å². The molecule has 0 radical (unpaired) electrons. The van der Waals surface area contributed by atoms with E-state index in [0.717, 1.165) is 24.8 Å². The van der Waals surface area contributed by atoms with Gasteiger partial charge in [-0.15, -0.1) is 11.3 Å². The molecule has 150 valence electrons. The number of aromatic nitrogens is 2. The van der Waals surface area contributed by atoms with Crippen molar-refractivity contribution in [3.05, 3.63) is 54.4 Å². The van der Waals surface area contributed by atoms with Crippen molar-refractivity contribution in [2.24, 2.45) is 5.92 Å². The summed E-state index contributed by atoms with van der Waals surface area (Å²) < 4.78 is 4.94. The highest BCUT2D eigenvalue weighted by Gasteiger charge is 2.22. The number of thiophene rings is 1. The molecule has 2 heterocycles. The van der Waals surface area contributed by atoms with Gasteiger partial charge in [-0.25, -0.2) is 4.98 Å². The second-order valence-electron chi connectivity index (χ2n) is 7.14. The Labute approximate surface area is 169 Å². The molecule has 9 heteroatoms. The summed E-state index contributed by atoms with van der Waals surface area (Å²) in [5.41, 5.74) is 0.759. The molecule has 2 aromatic heterocycles. The number of benzene rings is 1. The van der Waals surface area contributed by atoms with Crippen molar-refractivity contribution < 1.29 is 14.8 Å². The lowest BCUT2D eigenvalue weighted by Crippen LogP contribution is -2.13. The molecule has 4 rings (SSSR count). The van der Waals surface area contributed by atoms with Crippen LogP contribution in [0.4, 0.5) is 5.69 Å². The number of fused-ring (bicyclic) bond motifs is 3. The highest BCUT2D eigenvalue weighted by Crippen LogP contribution is 2.36. The third kappa shape index (κ3) is 3.49. The minimum Gasteiger partial charge on any atom is -0.865 e. The van der Waals surface area contributed by atoms with Gasteiger partial charge in [0.2, 0.25) is 0 Å². The summed E-state index contributed by atoms with van der Waals surface area (Å²) in [5.74, 6) is 0.0579. The van der Waals surface area contributed by atoms with Gasteiger partial charge in [0.1, 0.15) is 16.4 Å². The first-order valence-electron chi connectivity index (χ1n) is 9.13. The van der Waals surface area contributed by atoms with E-state index in [4.69, 9.17) is 4.74 Å². The largest absolute Gasteiger partial charge is 0.865 e. The van der Waals surface area contributed by atoms with E-state index in [-0.39, 0.29) is 11.3 Å². The SMILES string of the molecule is COc1cc(/C=C/c2nc3sc4c(c3c(=O)[nH]2)CC[C@H](C)C4)cc([N+](=O)[O-])c1[O-]. The van der Waals surface area contributed by atoms with E-state index in [9.17, 15) is 20.0 Å². The fourth-order valence-corrected chi connectivity index (χ4v) is 5.00. The van der Waals surface area contributed by atoms with Crippen LogP contribution >= 0.6 is 11.3 Å². The number of H-pyrrole nitrogens is 1. The van der Waals surface area contributed by atoms with Gasteiger partial charge < -0.3 is 14.8 Å². The Hall–Kier alpha value is -3.20. The summed E-state index contributed by atoms with van der Waals surface area (Å²) in [6.07, 6.45) is 6.03. The van der Waals surface area contributed by atoms with Crippen molar-refractivity contribution in [1.82, 2.24) is 9.97 Å². The highest BCUT2D eigenvalue weighted by molar-refractivity contribution is 7.18. The summed E-state index contributed by atoms with van der Waals surface area (Å²) in [6, 6.07) is 2.58. The first-order chi connectivity index (χ1) is 13.9.